The summed E-state index contributed by atoms with van der Waals surface area (Å²) in [6.07, 6.45) is 4.12. The highest BCUT2D eigenvalue weighted by Crippen LogP contribution is 2.10. The monoisotopic (exact) mass is 304 g/mol. The van der Waals surface area contributed by atoms with Gasteiger partial charge in [0.15, 0.2) is 0 Å². The SMILES string of the molecule is O=C(NCCCn1cc(Cl)cn1)c1ccc2n[nH]nc2c1. The molecule has 8 heteroatoms. The summed E-state index contributed by atoms with van der Waals surface area (Å²) in [5, 5.41) is 18.0. The fourth-order valence-electron chi connectivity index (χ4n) is 1.99. The van der Waals surface area contributed by atoms with Crippen molar-refractivity contribution < 1.29 is 4.79 Å². The van der Waals surface area contributed by atoms with Gasteiger partial charge in [0.05, 0.1) is 11.2 Å². The van der Waals surface area contributed by atoms with Gasteiger partial charge in [-0.3, -0.25) is 9.48 Å². The molecular weight excluding hydrogens is 292 g/mol. The third kappa shape index (κ3) is 3.19. The number of fused-ring (bicyclic) bond motifs is 1. The Morgan fingerprint density at radius 3 is 3.00 bits per heavy atom. The Hall–Kier alpha value is -2.41. The number of nitrogens with zero attached hydrogens (tertiary/aromatic N) is 4. The highest BCUT2D eigenvalue weighted by Gasteiger charge is 2.07. The normalized spacial score (nSPS) is 10.9. The molecular formula is C13H13ClN6O. The van der Waals surface area contributed by atoms with Crippen LogP contribution in [-0.4, -0.2) is 37.6 Å². The maximum absolute atomic E-state index is 12.0. The van der Waals surface area contributed by atoms with Gasteiger partial charge in [0.2, 0.25) is 0 Å². The van der Waals surface area contributed by atoms with Gasteiger partial charge in [0.25, 0.3) is 5.91 Å². The van der Waals surface area contributed by atoms with E-state index in [0.717, 1.165) is 11.9 Å². The van der Waals surface area contributed by atoms with Crippen molar-refractivity contribution in [2.75, 3.05) is 6.54 Å². The summed E-state index contributed by atoms with van der Waals surface area (Å²) in [6.45, 7) is 1.27. The number of carbonyl (C=O) groups is 1. The van der Waals surface area contributed by atoms with E-state index in [1.54, 1.807) is 35.3 Å². The number of rotatable bonds is 5. The lowest BCUT2D eigenvalue weighted by atomic mass is 10.2. The molecule has 0 bridgehead atoms. The Morgan fingerprint density at radius 1 is 1.33 bits per heavy atom. The maximum Gasteiger partial charge on any atom is 0.251 e. The van der Waals surface area contributed by atoms with Crippen LogP contribution in [0.4, 0.5) is 0 Å². The minimum absolute atomic E-state index is 0.126. The summed E-state index contributed by atoms with van der Waals surface area (Å²) in [5.74, 6) is -0.126. The highest BCUT2D eigenvalue weighted by atomic mass is 35.5. The van der Waals surface area contributed by atoms with Gasteiger partial charge in [-0.15, -0.1) is 0 Å². The van der Waals surface area contributed by atoms with E-state index in [-0.39, 0.29) is 5.91 Å². The number of halogens is 1. The Labute approximate surface area is 125 Å². The molecule has 3 aromatic rings. The van der Waals surface area contributed by atoms with E-state index in [1.165, 1.54) is 0 Å². The predicted octanol–water partition coefficient (Wildman–Crippen LogP) is 1.63. The number of aryl methyl sites for hydroxylation is 1. The van der Waals surface area contributed by atoms with Crippen LogP contribution >= 0.6 is 11.6 Å². The molecule has 0 unspecified atom stereocenters. The van der Waals surface area contributed by atoms with E-state index >= 15 is 0 Å². The molecule has 3 rings (SSSR count). The standard InChI is InChI=1S/C13H13ClN6O/c14-10-7-16-20(8-10)5-1-4-15-13(21)9-2-3-11-12(6-9)18-19-17-11/h2-3,6-8H,1,4-5H2,(H,15,21)(H,17,18,19). The molecule has 2 aromatic heterocycles. The lowest BCUT2D eigenvalue weighted by Gasteiger charge is -2.05. The van der Waals surface area contributed by atoms with Gasteiger partial charge in [-0.2, -0.15) is 20.5 Å². The molecule has 2 N–H and O–H groups in total. The molecule has 1 aromatic carbocycles. The summed E-state index contributed by atoms with van der Waals surface area (Å²) in [4.78, 5) is 12.0. The van der Waals surface area contributed by atoms with Crippen LogP contribution in [0, 0.1) is 0 Å². The number of hydrogen-bond donors (Lipinski definition) is 2. The zero-order valence-corrected chi connectivity index (χ0v) is 11.8. The molecule has 0 radical (unpaired) electrons. The van der Waals surface area contributed by atoms with Crippen LogP contribution < -0.4 is 5.32 Å². The van der Waals surface area contributed by atoms with Crippen molar-refractivity contribution in [3.05, 3.63) is 41.2 Å². The van der Waals surface area contributed by atoms with Gasteiger partial charge in [-0.25, -0.2) is 0 Å². The smallest absolute Gasteiger partial charge is 0.251 e. The first-order valence-corrected chi connectivity index (χ1v) is 6.87. The molecule has 0 aliphatic heterocycles. The van der Waals surface area contributed by atoms with Gasteiger partial charge in [0, 0.05) is 24.8 Å². The van der Waals surface area contributed by atoms with E-state index in [4.69, 9.17) is 11.6 Å². The summed E-state index contributed by atoms with van der Waals surface area (Å²) < 4.78 is 1.75. The topological polar surface area (TPSA) is 88.5 Å². The number of aromatic amines is 1. The zero-order valence-electron chi connectivity index (χ0n) is 11.1. The van der Waals surface area contributed by atoms with E-state index in [1.807, 2.05) is 0 Å². The Bertz CT molecular complexity index is 765. The lowest BCUT2D eigenvalue weighted by Crippen LogP contribution is -2.25. The molecule has 2 heterocycles. The fraction of sp³-hybridized carbons (Fsp3) is 0.231. The number of aromatic nitrogens is 5. The maximum atomic E-state index is 12.0. The molecule has 0 fully saturated rings. The number of amides is 1. The lowest BCUT2D eigenvalue weighted by molar-refractivity contribution is 0.0952. The number of H-pyrrole nitrogens is 1. The first-order valence-electron chi connectivity index (χ1n) is 6.49. The van der Waals surface area contributed by atoms with E-state index in [9.17, 15) is 4.79 Å². The van der Waals surface area contributed by atoms with Crippen LogP contribution in [0.5, 0.6) is 0 Å². The first kappa shape index (κ1) is 13.6. The Kier molecular flexibility index (Phi) is 3.83. The molecule has 0 aliphatic rings. The van der Waals surface area contributed by atoms with Crippen molar-refractivity contribution >= 4 is 28.5 Å². The van der Waals surface area contributed by atoms with E-state index in [0.29, 0.717) is 29.2 Å². The van der Waals surface area contributed by atoms with Crippen LogP contribution in [0.25, 0.3) is 11.0 Å². The summed E-state index contributed by atoms with van der Waals surface area (Å²) in [7, 11) is 0. The van der Waals surface area contributed by atoms with Crippen LogP contribution in [-0.2, 0) is 6.54 Å². The quantitative estimate of drug-likeness (QED) is 0.701. The van der Waals surface area contributed by atoms with Crippen molar-refractivity contribution in [3.8, 4) is 0 Å². The van der Waals surface area contributed by atoms with Gasteiger partial charge in [0.1, 0.15) is 11.0 Å². The fourth-order valence-corrected chi connectivity index (χ4v) is 2.14. The van der Waals surface area contributed by atoms with Gasteiger partial charge in [-0.05, 0) is 24.6 Å². The van der Waals surface area contributed by atoms with Gasteiger partial charge in [-0.1, -0.05) is 11.6 Å². The number of carbonyl (C=O) groups excluding carboxylic acids is 1. The number of nitrogens with one attached hydrogen (secondary N) is 2. The molecule has 7 nitrogen and oxygen atoms in total. The van der Waals surface area contributed by atoms with Crippen LogP contribution in [0.3, 0.4) is 0 Å². The van der Waals surface area contributed by atoms with Crippen LogP contribution in [0.1, 0.15) is 16.8 Å². The largest absolute Gasteiger partial charge is 0.352 e. The molecule has 0 aliphatic carbocycles. The van der Waals surface area contributed by atoms with E-state index in [2.05, 4.69) is 25.8 Å². The number of benzene rings is 1. The molecule has 0 spiro atoms. The Morgan fingerprint density at radius 2 is 2.19 bits per heavy atom. The van der Waals surface area contributed by atoms with Crippen LogP contribution in [0.15, 0.2) is 30.6 Å². The van der Waals surface area contributed by atoms with Gasteiger partial charge >= 0.3 is 0 Å². The zero-order chi connectivity index (χ0) is 14.7. The molecule has 108 valence electrons. The van der Waals surface area contributed by atoms with E-state index < -0.39 is 0 Å². The average Bonchev–Trinajstić information content (AvgIpc) is 3.11. The van der Waals surface area contributed by atoms with Crippen molar-refractivity contribution in [1.82, 2.24) is 30.5 Å². The van der Waals surface area contributed by atoms with Gasteiger partial charge < -0.3 is 5.32 Å². The first-order chi connectivity index (χ1) is 10.2. The molecule has 0 saturated carbocycles. The molecule has 21 heavy (non-hydrogen) atoms. The Balaban J connectivity index is 1.51. The summed E-state index contributed by atoms with van der Waals surface area (Å²) >= 11 is 5.78. The second kappa shape index (κ2) is 5.92. The second-order valence-electron chi connectivity index (χ2n) is 4.56. The van der Waals surface area contributed by atoms with Crippen LogP contribution in [0.2, 0.25) is 5.02 Å². The summed E-state index contributed by atoms with van der Waals surface area (Å²) in [6, 6.07) is 5.20. The van der Waals surface area contributed by atoms with Crippen molar-refractivity contribution in [2.45, 2.75) is 13.0 Å². The van der Waals surface area contributed by atoms with Crippen molar-refractivity contribution in [2.24, 2.45) is 0 Å². The second-order valence-corrected chi connectivity index (χ2v) is 4.99. The molecule has 0 saturated heterocycles. The predicted molar refractivity (Wildman–Crippen MR) is 78.1 cm³/mol. The minimum atomic E-state index is -0.126. The summed E-state index contributed by atoms with van der Waals surface area (Å²) in [5.41, 5.74) is 1.98. The third-order valence-corrected chi connectivity index (χ3v) is 3.22. The minimum Gasteiger partial charge on any atom is -0.352 e. The third-order valence-electron chi connectivity index (χ3n) is 3.03. The van der Waals surface area contributed by atoms with Crippen molar-refractivity contribution in [1.29, 1.82) is 0 Å². The number of hydrogen-bond acceptors (Lipinski definition) is 4. The average molecular weight is 305 g/mol. The molecule has 0 atom stereocenters. The highest BCUT2D eigenvalue weighted by molar-refractivity contribution is 6.30. The molecule has 1 amide bonds. The van der Waals surface area contributed by atoms with Crippen molar-refractivity contribution in [3.63, 3.8) is 0 Å².